The van der Waals surface area contributed by atoms with Gasteiger partial charge < -0.3 is 10.0 Å². The lowest BCUT2D eigenvalue weighted by Crippen LogP contribution is -2.31. The van der Waals surface area contributed by atoms with Crippen LogP contribution in [0.25, 0.3) is 0 Å². The minimum absolute atomic E-state index is 0.0956. The number of carbonyl (C=O) groups is 1. The van der Waals surface area contributed by atoms with E-state index < -0.39 is 11.9 Å². The van der Waals surface area contributed by atoms with Gasteiger partial charge in [0.05, 0.1) is 5.92 Å². The Morgan fingerprint density at radius 1 is 1.17 bits per heavy atom. The summed E-state index contributed by atoms with van der Waals surface area (Å²) < 4.78 is 0. The van der Waals surface area contributed by atoms with Crippen molar-refractivity contribution in [1.82, 2.24) is 4.90 Å². The smallest absolute Gasteiger partial charge is 0.308 e. The van der Waals surface area contributed by atoms with Gasteiger partial charge in [0.15, 0.2) is 0 Å². The molecule has 18 heavy (non-hydrogen) atoms. The van der Waals surface area contributed by atoms with Crippen LogP contribution in [0.3, 0.4) is 0 Å². The lowest BCUT2D eigenvalue weighted by molar-refractivity contribution is -0.143. The first-order chi connectivity index (χ1) is 8.27. The number of hydrogen-bond donors (Lipinski definition) is 1. The minimum Gasteiger partial charge on any atom is -0.481 e. The summed E-state index contributed by atoms with van der Waals surface area (Å²) in [6, 6.07) is 4.03. The normalized spacial score (nSPS) is 14.6. The van der Waals surface area contributed by atoms with Crippen molar-refractivity contribution in [2.75, 3.05) is 14.1 Å². The van der Waals surface area contributed by atoms with Crippen LogP contribution in [-0.4, -0.2) is 30.1 Å². The maximum atomic E-state index is 11.3. The van der Waals surface area contributed by atoms with Crippen LogP contribution < -0.4 is 0 Å². The van der Waals surface area contributed by atoms with E-state index in [4.69, 9.17) is 0 Å². The molecule has 0 aliphatic carbocycles. The highest BCUT2D eigenvalue weighted by atomic mass is 16.4. The summed E-state index contributed by atoms with van der Waals surface area (Å²) in [5.41, 5.74) is 4.80. The molecule has 0 aliphatic rings. The number of carboxylic acid groups (broad SMARTS) is 1. The van der Waals surface area contributed by atoms with E-state index in [1.165, 1.54) is 16.7 Å². The Kier molecular flexibility index (Phi) is 4.52. The second kappa shape index (κ2) is 5.53. The highest BCUT2D eigenvalue weighted by Crippen LogP contribution is 2.31. The Morgan fingerprint density at radius 2 is 1.72 bits per heavy atom. The van der Waals surface area contributed by atoms with Crippen molar-refractivity contribution in [1.29, 1.82) is 0 Å². The number of rotatable bonds is 4. The van der Waals surface area contributed by atoms with Gasteiger partial charge in [0, 0.05) is 6.04 Å². The van der Waals surface area contributed by atoms with Crippen LogP contribution in [0.5, 0.6) is 0 Å². The van der Waals surface area contributed by atoms with E-state index in [2.05, 4.69) is 32.9 Å². The van der Waals surface area contributed by atoms with Crippen LogP contribution in [-0.2, 0) is 4.79 Å². The first-order valence-corrected chi connectivity index (χ1v) is 6.23. The Bertz CT molecular complexity index is 452. The molecule has 0 fully saturated rings. The van der Waals surface area contributed by atoms with Crippen molar-refractivity contribution < 1.29 is 9.90 Å². The molecule has 3 nitrogen and oxygen atoms in total. The lowest BCUT2D eigenvalue weighted by atomic mass is 9.87. The molecule has 1 N–H and O–H groups in total. The number of hydrogen-bond acceptors (Lipinski definition) is 2. The monoisotopic (exact) mass is 249 g/mol. The van der Waals surface area contributed by atoms with Gasteiger partial charge in [0.25, 0.3) is 0 Å². The van der Waals surface area contributed by atoms with Crippen LogP contribution >= 0.6 is 0 Å². The van der Waals surface area contributed by atoms with Gasteiger partial charge in [-0.05, 0) is 57.1 Å². The molecule has 2 unspecified atom stereocenters. The summed E-state index contributed by atoms with van der Waals surface area (Å²) in [7, 11) is 3.86. The molecule has 3 heteroatoms. The summed E-state index contributed by atoms with van der Waals surface area (Å²) in [5, 5.41) is 9.25. The Balaban J connectivity index is 3.31. The fraction of sp³-hybridized carbons (Fsp3) is 0.533. The zero-order chi connectivity index (χ0) is 14.0. The largest absolute Gasteiger partial charge is 0.481 e. The fourth-order valence-electron chi connectivity index (χ4n) is 2.43. The second-order valence-electron chi connectivity index (χ2n) is 5.26. The molecule has 0 aromatic heterocycles. The third kappa shape index (κ3) is 2.72. The summed E-state index contributed by atoms with van der Waals surface area (Å²) >= 11 is 0. The molecule has 0 aliphatic heterocycles. The van der Waals surface area contributed by atoms with Crippen molar-refractivity contribution in [2.24, 2.45) is 5.92 Å². The van der Waals surface area contributed by atoms with Crippen LogP contribution in [0.4, 0.5) is 0 Å². The summed E-state index contributed by atoms with van der Waals surface area (Å²) in [6.45, 7) is 8.01. The maximum absolute atomic E-state index is 11.3. The van der Waals surface area contributed by atoms with E-state index in [0.717, 1.165) is 5.56 Å². The van der Waals surface area contributed by atoms with Gasteiger partial charge in [-0.15, -0.1) is 0 Å². The first kappa shape index (κ1) is 14.7. The van der Waals surface area contributed by atoms with Crippen molar-refractivity contribution in [2.45, 2.75) is 33.7 Å². The fourth-order valence-corrected chi connectivity index (χ4v) is 2.43. The Hall–Kier alpha value is -1.35. The third-order valence-electron chi connectivity index (χ3n) is 3.84. The SMILES string of the molecule is Cc1ccc(C(C(C)C(=O)O)N(C)C)c(C)c1C. The predicted octanol–water partition coefficient (Wildman–Crippen LogP) is 2.94. The van der Waals surface area contributed by atoms with Crippen LogP contribution in [0.2, 0.25) is 0 Å². The standard InChI is InChI=1S/C15H23NO2/c1-9-7-8-13(11(3)10(9)2)14(16(5)6)12(4)15(17)18/h7-8,12,14H,1-6H3,(H,17,18). The van der Waals surface area contributed by atoms with Gasteiger partial charge >= 0.3 is 5.97 Å². The number of carboxylic acids is 1. The first-order valence-electron chi connectivity index (χ1n) is 6.23. The average Bonchev–Trinajstić information content (AvgIpc) is 2.28. The molecule has 1 aromatic rings. The summed E-state index contributed by atoms with van der Waals surface area (Å²) in [6.07, 6.45) is 0. The number of nitrogens with zero attached hydrogens (tertiary/aromatic N) is 1. The van der Waals surface area contributed by atoms with E-state index in [-0.39, 0.29) is 6.04 Å². The topological polar surface area (TPSA) is 40.5 Å². The van der Waals surface area contributed by atoms with E-state index in [9.17, 15) is 9.90 Å². The van der Waals surface area contributed by atoms with Gasteiger partial charge in [-0.1, -0.05) is 19.1 Å². The quantitative estimate of drug-likeness (QED) is 0.892. The summed E-state index contributed by atoms with van der Waals surface area (Å²) in [5.74, 6) is -1.19. The molecule has 100 valence electrons. The average molecular weight is 249 g/mol. The molecule has 0 amide bonds. The van der Waals surface area contributed by atoms with E-state index in [1.54, 1.807) is 6.92 Å². The minimum atomic E-state index is -0.758. The number of aryl methyl sites for hydroxylation is 1. The van der Waals surface area contributed by atoms with Crippen LogP contribution in [0.15, 0.2) is 12.1 Å². The Morgan fingerprint density at radius 3 is 2.17 bits per heavy atom. The van der Waals surface area contributed by atoms with E-state index >= 15 is 0 Å². The molecule has 0 saturated heterocycles. The van der Waals surface area contributed by atoms with Crippen molar-refractivity contribution >= 4 is 5.97 Å². The highest BCUT2D eigenvalue weighted by Gasteiger charge is 2.28. The molecule has 1 aromatic carbocycles. The van der Waals surface area contributed by atoms with Gasteiger partial charge in [-0.25, -0.2) is 0 Å². The van der Waals surface area contributed by atoms with Crippen molar-refractivity contribution in [3.8, 4) is 0 Å². The molecule has 0 heterocycles. The molecular weight excluding hydrogens is 226 g/mol. The van der Waals surface area contributed by atoms with Crippen molar-refractivity contribution in [3.63, 3.8) is 0 Å². The zero-order valence-corrected chi connectivity index (χ0v) is 12.1. The summed E-state index contributed by atoms with van der Waals surface area (Å²) in [4.78, 5) is 13.2. The number of aliphatic carboxylic acids is 1. The molecule has 1 rings (SSSR count). The van der Waals surface area contributed by atoms with Crippen LogP contribution in [0, 0.1) is 26.7 Å². The third-order valence-corrected chi connectivity index (χ3v) is 3.84. The van der Waals surface area contributed by atoms with E-state index in [0.29, 0.717) is 0 Å². The molecule has 0 spiro atoms. The van der Waals surface area contributed by atoms with Gasteiger partial charge in [0.2, 0.25) is 0 Å². The second-order valence-corrected chi connectivity index (χ2v) is 5.26. The molecule has 2 atom stereocenters. The van der Waals surface area contributed by atoms with E-state index in [1.807, 2.05) is 19.0 Å². The highest BCUT2D eigenvalue weighted by molar-refractivity contribution is 5.71. The zero-order valence-electron chi connectivity index (χ0n) is 12.1. The predicted molar refractivity (Wildman–Crippen MR) is 73.9 cm³/mol. The van der Waals surface area contributed by atoms with Gasteiger partial charge in [0.1, 0.15) is 0 Å². The lowest BCUT2D eigenvalue weighted by Gasteiger charge is -2.30. The van der Waals surface area contributed by atoms with Crippen LogP contribution in [0.1, 0.15) is 35.2 Å². The molecule has 0 radical (unpaired) electrons. The van der Waals surface area contributed by atoms with Gasteiger partial charge in [-0.2, -0.15) is 0 Å². The maximum Gasteiger partial charge on any atom is 0.308 e. The Labute approximate surface area is 109 Å². The molecular formula is C15H23NO2. The molecule has 0 bridgehead atoms. The van der Waals surface area contributed by atoms with Gasteiger partial charge in [-0.3, -0.25) is 4.79 Å². The van der Waals surface area contributed by atoms with Crippen molar-refractivity contribution in [3.05, 3.63) is 34.4 Å². The molecule has 0 saturated carbocycles. The number of benzene rings is 1.